The quantitative estimate of drug-likeness (QED) is 0.627. The Morgan fingerprint density at radius 1 is 1.08 bits per heavy atom. The molecule has 2 rings (SSSR count). The number of aliphatic imine (C=N–C) groups is 1. The van der Waals surface area contributed by atoms with Crippen molar-refractivity contribution in [3.8, 4) is 11.5 Å². The van der Waals surface area contributed by atoms with Crippen LogP contribution in [0, 0.1) is 0 Å². The van der Waals surface area contributed by atoms with E-state index in [9.17, 15) is 0 Å². The van der Waals surface area contributed by atoms with E-state index < -0.39 is 0 Å². The first-order valence-corrected chi connectivity index (χ1v) is 7.96. The number of hydrogen-bond acceptors (Lipinski definition) is 3. The predicted molar refractivity (Wildman–Crippen MR) is 97.8 cm³/mol. The van der Waals surface area contributed by atoms with Gasteiger partial charge in [-0.3, -0.25) is 4.99 Å². The molecule has 0 aliphatic carbocycles. The van der Waals surface area contributed by atoms with Crippen molar-refractivity contribution in [1.82, 2.24) is 10.2 Å². The van der Waals surface area contributed by atoms with Gasteiger partial charge in [-0.2, -0.15) is 0 Å². The molecule has 0 bridgehead atoms. The summed E-state index contributed by atoms with van der Waals surface area (Å²) in [5.41, 5.74) is 1.09. The normalized spacial score (nSPS) is 11.0. The third-order valence-corrected chi connectivity index (χ3v) is 3.64. The third-order valence-electron chi connectivity index (χ3n) is 3.64. The van der Waals surface area contributed by atoms with Gasteiger partial charge in [0.05, 0.1) is 13.7 Å². The van der Waals surface area contributed by atoms with Crippen molar-refractivity contribution in [2.45, 2.75) is 6.54 Å². The monoisotopic (exact) mass is 327 g/mol. The van der Waals surface area contributed by atoms with Crippen LogP contribution in [0.5, 0.6) is 11.5 Å². The lowest BCUT2D eigenvalue weighted by molar-refractivity contribution is 0.281. The summed E-state index contributed by atoms with van der Waals surface area (Å²) in [7, 11) is 5.45. The van der Waals surface area contributed by atoms with Crippen molar-refractivity contribution in [2.24, 2.45) is 4.99 Å². The molecule has 128 valence electrons. The van der Waals surface area contributed by atoms with Crippen molar-refractivity contribution in [1.29, 1.82) is 0 Å². The second kappa shape index (κ2) is 9.45. The SMILES string of the molecule is CN=C(NCc1ccccc1OC)N(C)CCOc1ccccc1. The zero-order chi connectivity index (χ0) is 17.2. The van der Waals surface area contributed by atoms with E-state index in [-0.39, 0.29) is 0 Å². The van der Waals surface area contributed by atoms with Crippen molar-refractivity contribution < 1.29 is 9.47 Å². The Kier molecular flexibility index (Phi) is 6.95. The van der Waals surface area contributed by atoms with Gasteiger partial charge in [0.15, 0.2) is 5.96 Å². The van der Waals surface area contributed by atoms with Gasteiger partial charge in [-0.25, -0.2) is 0 Å². The van der Waals surface area contributed by atoms with Gasteiger partial charge in [-0.05, 0) is 18.2 Å². The van der Waals surface area contributed by atoms with Crippen LogP contribution in [0.2, 0.25) is 0 Å². The van der Waals surface area contributed by atoms with Crippen LogP contribution in [0.15, 0.2) is 59.6 Å². The lowest BCUT2D eigenvalue weighted by Crippen LogP contribution is -2.40. The molecule has 2 aromatic rings. The minimum Gasteiger partial charge on any atom is -0.496 e. The number of likely N-dealkylation sites (N-methyl/N-ethyl adjacent to an activating group) is 1. The van der Waals surface area contributed by atoms with E-state index in [0.717, 1.165) is 29.6 Å². The van der Waals surface area contributed by atoms with E-state index in [1.807, 2.05) is 66.5 Å². The lowest BCUT2D eigenvalue weighted by atomic mass is 10.2. The molecular weight excluding hydrogens is 302 g/mol. The molecular formula is C19H25N3O2. The fourth-order valence-corrected chi connectivity index (χ4v) is 2.33. The molecule has 0 aliphatic heterocycles. The van der Waals surface area contributed by atoms with Crippen LogP contribution < -0.4 is 14.8 Å². The van der Waals surface area contributed by atoms with E-state index in [1.54, 1.807) is 14.2 Å². The smallest absolute Gasteiger partial charge is 0.193 e. The fraction of sp³-hybridized carbons (Fsp3) is 0.316. The molecule has 24 heavy (non-hydrogen) atoms. The molecule has 0 amide bonds. The minimum absolute atomic E-state index is 0.593. The number of para-hydroxylation sites is 2. The average molecular weight is 327 g/mol. The lowest BCUT2D eigenvalue weighted by Gasteiger charge is -2.22. The number of nitrogens with zero attached hydrogens (tertiary/aromatic N) is 2. The van der Waals surface area contributed by atoms with Gasteiger partial charge in [-0.15, -0.1) is 0 Å². The molecule has 0 saturated heterocycles. The predicted octanol–water partition coefficient (Wildman–Crippen LogP) is 2.78. The molecule has 0 radical (unpaired) electrons. The van der Waals surface area contributed by atoms with E-state index in [1.165, 1.54) is 0 Å². The molecule has 1 N–H and O–H groups in total. The largest absolute Gasteiger partial charge is 0.496 e. The zero-order valence-electron chi connectivity index (χ0n) is 14.5. The summed E-state index contributed by atoms with van der Waals surface area (Å²) in [4.78, 5) is 6.36. The molecule has 0 fully saturated rings. The zero-order valence-corrected chi connectivity index (χ0v) is 14.5. The molecule has 0 atom stereocenters. The van der Waals surface area contributed by atoms with Crippen LogP contribution in [-0.4, -0.2) is 45.2 Å². The maximum Gasteiger partial charge on any atom is 0.193 e. The Bertz CT molecular complexity index is 644. The summed E-state index contributed by atoms with van der Waals surface area (Å²) >= 11 is 0. The average Bonchev–Trinajstić information content (AvgIpc) is 2.63. The summed E-state index contributed by atoms with van der Waals surface area (Å²) in [5.74, 6) is 2.57. The minimum atomic E-state index is 0.593. The Morgan fingerprint density at radius 2 is 1.79 bits per heavy atom. The van der Waals surface area contributed by atoms with Gasteiger partial charge in [-0.1, -0.05) is 36.4 Å². The van der Waals surface area contributed by atoms with Gasteiger partial charge in [0.2, 0.25) is 0 Å². The highest BCUT2D eigenvalue weighted by Crippen LogP contribution is 2.16. The second-order valence-electron chi connectivity index (χ2n) is 5.30. The molecule has 0 spiro atoms. The second-order valence-corrected chi connectivity index (χ2v) is 5.30. The number of nitrogens with one attached hydrogen (secondary N) is 1. The van der Waals surface area contributed by atoms with Crippen molar-refractivity contribution >= 4 is 5.96 Å². The van der Waals surface area contributed by atoms with Gasteiger partial charge >= 0.3 is 0 Å². The van der Waals surface area contributed by atoms with E-state index in [0.29, 0.717) is 13.2 Å². The molecule has 0 aliphatic rings. The number of guanidine groups is 1. The number of rotatable bonds is 7. The van der Waals surface area contributed by atoms with Crippen LogP contribution in [0.3, 0.4) is 0 Å². The number of methoxy groups -OCH3 is 1. The summed E-state index contributed by atoms with van der Waals surface area (Å²) < 4.78 is 11.1. The first kappa shape index (κ1) is 17.7. The molecule has 0 heterocycles. The molecule has 0 saturated carbocycles. The van der Waals surface area contributed by atoms with E-state index in [4.69, 9.17) is 9.47 Å². The summed E-state index contributed by atoms with van der Waals surface area (Å²) in [6.07, 6.45) is 0. The van der Waals surface area contributed by atoms with Crippen LogP contribution in [-0.2, 0) is 6.54 Å². The molecule has 0 unspecified atom stereocenters. The standard InChI is InChI=1S/C19H25N3O2/c1-20-19(21-15-16-9-7-8-12-18(16)23-3)22(2)13-14-24-17-10-5-4-6-11-17/h4-12H,13-15H2,1-3H3,(H,20,21). The summed E-state index contributed by atoms with van der Waals surface area (Å²) in [5, 5.41) is 3.35. The molecule has 5 heteroatoms. The Balaban J connectivity index is 1.82. The first-order valence-electron chi connectivity index (χ1n) is 7.96. The van der Waals surface area contributed by atoms with E-state index >= 15 is 0 Å². The van der Waals surface area contributed by atoms with Crippen LogP contribution in [0.4, 0.5) is 0 Å². The van der Waals surface area contributed by atoms with Gasteiger partial charge in [0.25, 0.3) is 0 Å². The topological polar surface area (TPSA) is 46.1 Å². The van der Waals surface area contributed by atoms with Crippen LogP contribution in [0.1, 0.15) is 5.56 Å². The van der Waals surface area contributed by atoms with Crippen LogP contribution >= 0.6 is 0 Å². The Hall–Kier alpha value is -2.69. The number of ether oxygens (including phenoxy) is 2. The Morgan fingerprint density at radius 3 is 2.50 bits per heavy atom. The van der Waals surface area contributed by atoms with Gasteiger partial charge in [0, 0.05) is 26.2 Å². The third kappa shape index (κ3) is 5.19. The molecule has 2 aromatic carbocycles. The number of hydrogen-bond donors (Lipinski definition) is 1. The maximum atomic E-state index is 5.73. The molecule has 5 nitrogen and oxygen atoms in total. The highest BCUT2D eigenvalue weighted by molar-refractivity contribution is 5.79. The summed E-state index contributed by atoms with van der Waals surface area (Å²) in [6.45, 7) is 1.98. The Labute approximate surface area is 143 Å². The highest BCUT2D eigenvalue weighted by Gasteiger charge is 2.07. The van der Waals surface area contributed by atoms with Crippen molar-refractivity contribution in [2.75, 3.05) is 34.4 Å². The molecule has 0 aromatic heterocycles. The maximum absolute atomic E-state index is 5.73. The summed E-state index contributed by atoms with van der Waals surface area (Å²) in [6, 6.07) is 17.8. The van der Waals surface area contributed by atoms with Crippen LogP contribution in [0.25, 0.3) is 0 Å². The highest BCUT2D eigenvalue weighted by atomic mass is 16.5. The fourth-order valence-electron chi connectivity index (χ4n) is 2.33. The van der Waals surface area contributed by atoms with E-state index in [2.05, 4.69) is 10.3 Å². The first-order chi connectivity index (χ1) is 11.7. The van der Waals surface area contributed by atoms with Crippen molar-refractivity contribution in [3.05, 3.63) is 60.2 Å². The van der Waals surface area contributed by atoms with Gasteiger partial charge in [0.1, 0.15) is 18.1 Å². The number of benzene rings is 2. The van der Waals surface area contributed by atoms with Crippen molar-refractivity contribution in [3.63, 3.8) is 0 Å². The van der Waals surface area contributed by atoms with Gasteiger partial charge < -0.3 is 19.7 Å².